The molecule has 27 heavy (non-hydrogen) atoms. The smallest absolute Gasteiger partial charge is 0.344 e. The minimum absolute atomic E-state index is 0.326. The van der Waals surface area contributed by atoms with Crippen LogP contribution in [-0.4, -0.2) is 35.8 Å². The van der Waals surface area contributed by atoms with E-state index < -0.39 is 0 Å². The first kappa shape index (κ1) is 16.1. The maximum absolute atomic E-state index is 12.6. The zero-order chi connectivity index (χ0) is 18.4. The largest absolute Gasteiger partial charge is 0.422 e. The standard InChI is InChI=1S/C21H20N4O2/c1-14-2-4-18-10-16(13-25(18)23-14)19-11-15-3-5-17(12-20(15)27-21(19)26)24-8-6-22-7-9-24/h2-5,10-13,22H,6-9H2,1H3. The highest BCUT2D eigenvalue weighted by atomic mass is 16.4. The molecule has 1 N–H and O–H groups in total. The highest BCUT2D eigenvalue weighted by Gasteiger charge is 2.14. The molecular weight excluding hydrogens is 340 g/mol. The molecule has 4 heterocycles. The third kappa shape index (κ3) is 2.88. The summed E-state index contributed by atoms with van der Waals surface area (Å²) in [6.45, 7) is 5.79. The highest BCUT2D eigenvalue weighted by molar-refractivity contribution is 5.85. The topological polar surface area (TPSA) is 62.8 Å². The van der Waals surface area contributed by atoms with Gasteiger partial charge in [0, 0.05) is 55.1 Å². The van der Waals surface area contributed by atoms with E-state index in [4.69, 9.17) is 4.42 Å². The van der Waals surface area contributed by atoms with Crippen LogP contribution in [0.25, 0.3) is 27.6 Å². The number of rotatable bonds is 2. The van der Waals surface area contributed by atoms with E-state index in [1.54, 1.807) is 4.52 Å². The fourth-order valence-corrected chi connectivity index (χ4v) is 3.66. The minimum atomic E-state index is -0.326. The molecule has 1 aliphatic heterocycles. The Labute approximate surface area is 156 Å². The lowest BCUT2D eigenvalue weighted by molar-refractivity contribution is 0.561. The molecular formula is C21H20N4O2. The van der Waals surface area contributed by atoms with Crippen molar-refractivity contribution >= 4 is 22.2 Å². The number of nitrogens with one attached hydrogen (secondary N) is 1. The van der Waals surface area contributed by atoms with Gasteiger partial charge in [0.1, 0.15) is 5.58 Å². The van der Waals surface area contributed by atoms with Crippen LogP contribution in [0, 0.1) is 6.92 Å². The van der Waals surface area contributed by atoms with E-state index in [2.05, 4.69) is 21.4 Å². The lowest BCUT2D eigenvalue weighted by Gasteiger charge is -2.29. The first-order valence-corrected chi connectivity index (χ1v) is 9.17. The summed E-state index contributed by atoms with van der Waals surface area (Å²) in [5, 5.41) is 8.72. The molecule has 3 aromatic heterocycles. The van der Waals surface area contributed by atoms with Gasteiger partial charge >= 0.3 is 5.63 Å². The predicted molar refractivity (Wildman–Crippen MR) is 106 cm³/mol. The second-order valence-corrected chi connectivity index (χ2v) is 6.98. The molecule has 6 heteroatoms. The van der Waals surface area contributed by atoms with Crippen LogP contribution >= 0.6 is 0 Å². The third-order valence-electron chi connectivity index (χ3n) is 5.10. The lowest BCUT2D eigenvalue weighted by Crippen LogP contribution is -2.43. The molecule has 0 saturated carbocycles. The average molecular weight is 360 g/mol. The van der Waals surface area contributed by atoms with Gasteiger partial charge in [-0.25, -0.2) is 9.31 Å². The monoisotopic (exact) mass is 360 g/mol. The molecule has 6 nitrogen and oxygen atoms in total. The van der Waals surface area contributed by atoms with Crippen LogP contribution in [0.3, 0.4) is 0 Å². The summed E-state index contributed by atoms with van der Waals surface area (Å²) in [4.78, 5) is 14.9. The number of benzene rings is 1. The Bertz CT molecular complexity index is 1200. The van der Waals surface area contributed by atoms with Gasteiger partial charge in [-0.15, -0.1) is 0 Å². The normalized spacial score (nSPS) is 14.9. The van der Waals surface area contributed by atoms with E-state index in [0.717, 1.165) is 54.0 Å². The second kappa shape index (κ2) is 6.25. The van der Waals surface area contributed by atoms with Crippen molar-refractivity contribution in [3.8, 4) is 11.1 Å². The number of hydrogen-bond acceptors (Lipinski definition) is 5. The van der Waals surface area contributed by atoms with Crippen LogP contribution in [0.1, 0.15) is 5.69 Å². The van der Waals surface area contributed by atoms with Gasteiger partial charge in [0.15, 0.2) is 0 Å². The maximum atomic E-state index is 12.6. The Kier molecular flexibility index (Phi) is 3.72. The fraction of sp³-hybridized carbons (Fsp3) is 0.238. The van der Waals surface area contributed by atoms with Crippen molar-refractivity contribution in [2.24, 2.45) is 0 Å². The zero-order valence-electron chi connectivity index (χ0n) is 15.1. The summed E-state index contributed by atoms with van der Waals surface area (Å²) in [5.41, 5.74) is 4.63. The molecule has 0 atom stereocenters. The van der Waals surface area contributed by atoms with Gasteiger partial charge < -0.3 is 14.6 Å². The molecule has 4 aromatic rings. The Morgan fingerprint density at radius 2 is 1.93 bits per heavy atom. The number of fused-ring (bicyclic) bond motifs is 2. The molecule has 1 fully saturated rings. The van der Waals surface area contributed by atoms with Crippen molar-refractivity contribution in [2.75, 3.05) is 31.1 Å². The summed E-state index contributed by atoms with van der Waals surface area (Å²) in [6, 6.07) is 13.9. The van der Waals surface area contributed by atoms with Gasteiger partial charge in [-0.2, -0.15) is 5.10 Å². The zero-order valence-corrected chi connectivity index (χ0v) is 15.1. The van der Waals surface area contributed by atoms with Crippen molar-refractivity contribution in [1.82, 2.24) is 14.9 Å². The number of anilines is 1. The van der Waals surface area contributed by atoms with Crippen molar-refractivity contribution in [3.05, 3.63) is 64.8 Å². The molecule has 0 spiro atoms. The van der Waals surface area contributed by atoms with E-state index in [1.165, 1.54) is 0 Å². The van der Waals surface area contributed by atoms with Crippen LogP contribution in [0.2, 0.25) is 0 Å². The van der Waals surface area contributed by atoms with Crippen molar-refractivity contribution in [3.63, 3.8) is 0 Å². The van der Waals surface area contributed by atoms with Gasteiger partial charge in [-0.05, 0) is 43.3 Å². The molecule has 1 aromatic carbocycles. The molecule has 0 radical (unpaired) electrons. The number of aromatic nitrogens is 2. The average Bonchev–Trinajstić information content (AvgIpc) is 3.10. The SMILES string of the molecule is Cc1ccc2cc(-c3cc4ccc(N5CCNCC5)cc4oc3=O)cn2n1. The lowest BCUT2D eigenvalue weighted by atomic mass is 10.1. The Balaban J connectivity index is 1.58. The molecule has 0 bridgehead atoms. The Morgan fingerprint density at radius 1 is 1.07 bits per heavy atom. The number of piperazine rings is 1. The van der Waals surface area contributed by atoms with Crippen molar-refractivity contribution in [1.29, 1.82) is 0 Å². The summed E-state index contributed by atoms with van der Waals surface area (Å²) in [6.07, 6.45) is 1.87. The van der Waals surface area contributed by atoms with E-state index in [-0.39, 0.29) is 5.63 Å². The quantitative estimate of drug-likeness (QED) is 0.557. The van der Waals surface area contributed by atoms with E-state index in [1.807, 2.05) is 49.5 Å². The van der Waals surface area contributed by atoms with Gasteiger partial charge in [0.25, 0.3) is 0 Å². The molecule has 1 aliphatic rings. The van der Waals surface area contributed by atoms with E-state index >= 15 is 0 Å². The highest BCUT2D eigenvalue weighted by Crippen LogP contribution is 2.26. The van der Waals surface area contributed by atoms with Crippen molar-refractivity contribution in [2.45, 2.75) is 6.92 Å². The van der Waals surface area contributed by atoms with Crippen LogP contribution in [0.5, 0.6) is 0 Å². The number of hydrogen-bond donors (Lipinski definition) is 1. The van der Waals surface area contributed by atoms with Gasteiger partial charge in [-0.3, -0.25) is 0 Å². The van der Waals surface area contributed by atoms with Gasteiger partial charge in [0.05, 0.1) is 16.8 Å². The molecule has 5 rings (SSSR count). The summed E-state index contributed by atoms with van der Waals surface area (Å²) >= 11 is 0. The summed E-state index contributed by atoms with van der Waals surface area (Å²) in [7, 11) is 0. The van der Waals surface area contributed by atoms with Crippen LogP contribution < -0.4 is 15.8 Å². The predicted octanol–water partition coefficient (Wildman–Crippen LogP) is 2.83. The van der Waals surface area contributed by atoms with Crippen LogP contribution in [0.15, 0.2) is 57.9 Å². The van der Waals surface area contributed by atoms with Gasteiger partial charge in [0.2, 0.25) is 0 Å². The van der Waals surface area contributed by atoms with Gasteiger partial charge in [-0.1, -0.05) is 0 Å². The minimum Gasteiger partial charge on any atom is -0.422 e. The summed E-state index contributed by atoms with van der Waals surface area (Å²) in [5.74, 6) is 0. The molecule has 0 aliphatic carbocycles. The third-order valence-corrected chi connectivity index (χ3v) is 5.10. The maximum Gasteiger partial charge on any atom is 0.344 e. The number of aryl methyl sites for hydroxylation is 1. The Morgan fingerprint density at radius 3 is 2.78 bits per heavy atom. The van der Waals surface area contributed by atoms with Crippen LogP contribution in [-0.2, 0) is 0 Å². The van der Waals surface area contributed by atoms with E-state index in [9.17, 15) is 4.79 Å². The van der Waals surface area contributed by atoms with Crippen molar-refractivity contribution < 1.29 is 4.42 Å². The van der Waals surface area contributed by atoms with Crippen LogP contribution in [0.4, 0.5) is 5.69 Å². The Hall–Kier alpha value is -3.12. The number of nitrogens with zero attached hydrogens (tertiary/aromatic N) is 3. The molecule has 0 amide bonds. The molecule has 1 saturated heterocycles. The summed E-state index contributed by atoms with van der Waals surface area (Å²) < 4.78 is 7.46. The second-order valence-electron chi connectivity index (χ2n) is 6.98. The molecule has 136 valence electrons. The molecule has 0 unspecified atom stereocenters. The fourth-order valence-electron chi connectivity index (χ4n) is 3.66. The first-order chi connectivity index (χ1) is 13.2. The first-order valence-electron chi connectivity index (χ1n) is 9.17. The van der Waals surface area contributed by atoms with E-state index in [0.29, 0.717) is 11.1 Å².